The first kappa shape index (κ1) is 13.8. The second-order valence-electron chi connectivity index (χ2n) is 4.92. The second-order valence-corrected chi connectivity index (χ2v) is 4.92. The molecule has 2 heterocycles. The smallest absolute Gasteiger partial charge is 0.293 e. The molecule has 1 saturated heterocycles. The van der Waals surface area contributed by atoms with Crippen molar-refractivity contribution in [2.24, 2.45) is 5.92 Å². The number of carbonyl (C=O) groups is 2. The van der Waals surface area contributed by atoms with E-state index in [4.69, 9.17) is 4.42 Å². The van der Waals surface area contributed by atoms with Gasteiger partial charge in [-0.2, -0.15) is 0 Å². The van der Waals surface area contributed by atoms with E-state index in [1.807, 2.05) is 11.8 Å². The summed E-state index contributed by atoms with van der Waals surface area (Å²) < 4.78 is 4.91. The molecule has 0 bridgehead atoms. The van der Waals surface area contributed by atoms with Crippen LogP contribution in [0.25, 0.3) is 0 Å². The molecule has 1 fully saturated rings. The van der Waals surface area contributed by atoms with Crippen LogP contribution in [-0.2, 0) is 4.79 Å². The Morgan fingerprint density at radius 1 is 1.58 bits per heavy atom. The van der Waals surface area contributed by atoms with Crippen LogP contribution in [0, 0.1) is 5.92 Å². The van der Waals surface area contributed by atoms with Gasteiger partial charge in [-0.15, -0.1) is 0 Å². The minimum atomic E-state index is -0.528. The van der Waals surface area contributed by atoms with E-state index in [-0.39, 0.29) is 30.2 Å². The fourth-order valence-corrected chi connectivity index (χ4v) is 2.20. The monoisotopic (exact) mass is 266 g/mol. The number of rotatable bonds is 3. The molecule has 1 aromatic rings. The van der Waals surface area contributed by atoms with Gasteiger partial charge in [-0.1, -0.05) is 6.92 Å². The van der Waals surface area contributed by atoms with Crippen LogP contribution in [0.15, 0.2) is 22.8 Å². The Morgan fingerprint density at radius 2 is 2.37 bits per heavy atom. The van der Waals surface area contributed by atoms with Gasteiger partial charge in [0.05, 0.1) is 18.9 Å². The maximum Gasteiger partial charge on any atom is 0.293 e. The van der Waals surface area contributed by atoms with E-state index < -0.39 is 5.91 Å². The van der Waals surface area contributed by atoms with Crippen LogP contribution in [0.4, 0.5) is 0 Å². The zero-order valence-electron chi connectivity index (χ0n) is 10.8. The van der Waals surface area contributed by atoms with E-state index in [2.05, 4.69) is 5.32 Å². The predicted molar refractivity (Wildman–Crippen MR) is 67.4 cm³/mol. The van der Waals surface area contributed by atoms with Crippen molar-refractivity contribution >= 4 is 11.8 Å². The molecule has 6 heteroatoms. The molecule has 2 rings (SSSR count). The predicted octanol–water partition coefficient (Wildman–Crippen LogP) is 0.239. The largest absolute Gasteiger partial charge is 0.459 e. The van der Waals surface area contributed by atoms with Crippen LogP contribution in [0.2, 0.25) is 0 Å². The first-order chi connectivity index (χ1) is 9.06. The molecule has 0 radical (unpaired) electrons. The molecule has 6 nitrogen and oxygen atoms in total. The molecule has 0 spiro atoms. The number of nitrogens with zero attached hydrogens (tertiary/aromatic N) is 1. The third kappa shape index (κ3) is 3.65. The van der Waals surface area contributed by atoms with Gasteiger partial charge in [0.15, 0.2) is 5.76 Å². The summed E-state index contributed by atoms with van der Waals surface area (Å²) in [6.07, 6.45) is 1.73. The lowest BCUT2D eigenvalue weighted by atomic mass is 9.97. The highest BCUT2D eigenvalue weighted by molar-refractivity contribution is 6.03. The van der Waals surface area contributed by atoms with E-state index in [0.29, 0.717) is 19.5 Å². The zero-order chi connectivity index (χ0) is 13.8. The average Bonchev–Trinajstić information content (AvgIpc) is 2.87. The topological polar surface area (TPSA) is 82.8 Å². The lowest BCUT2D eigenvalue weighted by Crippen LogP contribution is -2.47. The van der Waals surface area contributed by atoms with Gasteiger partial charge in [-0.25, -0.2) is 0 Å². The van der Waals surface area contributed by atoms with Crippen molar-refractivity contribution < 1.29 is 19.1 Å². The Bertz CT molecular complexity index is 444. The molecule has 2 amide bonds. The van der Waals surface area contributed by atoms with Crippen molar-refractivity contribution in [3.05, 3.63) is 24.2 Å². The highest BCUT2D eigenvalue weighted by Crippen LogP contribution is 2.15. The SMILES string of the molecule is CC1CN(CC(=O)NC(=O)c2ccco2)CCC1O. The summed E-state index contributed by atoms with van der Waals surface area (Å²) in [5.74, 6) is -0.622. The summed E-state index contributed by atoms with van der Waals surface area (Å²) in [5.41, 5.74) is 0. The van der Waals surface area contributed by atoms with Crippen molar-refractivity contribution in [1.82, 2.24) is 10.2 Å². The molecule has 104 valence electrons. The van der Waals surface area contributed by atoms with Crippen molar-refractivity contribution in [3.63, 3.8) is 0 Å². The molecule has 2 unspecified atom stereocenters. The van der Waals surface area contributed by atoms with Crippen LogP contribution in [0.5, 0.6) is 0 Å². The van der Waals surface area contributed by atoms with Gasteiger partial charge >= 0.3 is 0 Å². The first-order valence-corrected chi connectivity index (χ1v) is 6.34. The maximum absolute atomic E-state index is 11.7. The van der Waals surface area contributed by atoms with E-state index in [1.54, 1.807) is 6.07 Å². The van der Waals surface area contributed by atoms with Gasteiger partial charge < -0.3 is 9.52 Å². The van der Waals surface area contributed by atoms with Crippen molar-refractivity contribution in [2.45, 2.75) is 19.4 Å². The summed E-state index contributed by atoms with van der Waals surface area (Å²) in [6.45, 7) is 3.42. The Morgan fingerprint density at radius 3 is 3.00 bits per heavy atom. The lowest BCUT2D eigenvalue weighted by Gasteiger charge is -2.33. The van der Waals surface area contributed by atoms with Crippen LogP contribution >= 0.6 is 0 Å². The molecule has 0 saturated carbocycles. The second kappa shape index (κ2) is 5.99. The van der Waals surface area contributed by atoms with Gasteiger partial charge in [0.25, 0.3) is 5.91 Å². The maximum atomic E-state index is 11.7. The van der Waals surface area contributed by atoms with E-state index in [1.165, 1.54) is 12.3 Å². The number of amides is 2. The summed E-state index contributed by atoms with van der Waals surface area (Å²) in [4.78, 5) is 25.3. The number of carbonyl (C=O) groups excluding carboxylic acids is 2. The molecule has 19 heavy (non-hydrogen) atoms. The molecule has 2 N–H and O–H groups in total. The molecular formula is C13H18N2O4. The summed E-state index contributed by atoms with van der Waals surface area (Å²) >= 11 is 0. The number of imide groups is 1. The Kier molecular flexibility index (Phi) is 4.34. The molecule has 0 aliphatic carbocycles. The van der Waals surface area contributed by atoms with Gasteiger partial charge in [0.1, 0.15) is 0 Å². The molecular weight excluding hydrogens is 248 g/mol. The van der Waals surface area contributed by atoms with Gasteiger partial charge in [0, 0.05) is 13.1 Å². The highest BCUT2D eigenvalue weighted by atomic mass is 16.3. The number of hydrogen-bond acceptors (Lipinski definition) is 5. The summed E-state index contributed by atoms with van der Waals surface area (Å²) in [7, 11) is 0. The fourth-order valence-electron chi connectivity index (χ4n) is 2.20. The number of aliphatic hydroxyl groups is 1. The van der Waals surface area contributed by atoms with Crippen LogP contribution in [-0.4, -0.2) is 47.6 Å². The van der Waals surface area contributed by atoms with Gasteiger partial charge in [-0.3, -0.25) is 19.8 Å². The third-order valence-corrected chi connectivity index (χ3v) is 3.31. The molecule has 1 aliphatic heterocycles. The minimum absolute atomic E-state index is 0.121. The standard InChI is InChI=1S/C13H18N2O4/c1-9-7-15(5-4-10(9)16)8-12(17)14-13(18)11-3-2-6-19-11/h2-3,6,9-10,16H,4-5,7-8H2,1H3,(H,14,17,18). The quantitative estimate of drug-likeness (QED) is 0.819. The number of aliphatic hydroxyl groups excluding tert-OH is 1. The first-order valence-electron chi connectivity index (χ1n) is 6.34. The number of likely N-dealkylation sites (tertiary alicyclic amines) is 1. The highest BCUT2D eigenvalue weighted by Gasteiger charge is 2.25. The number of piperidine rings is 1. The van der Waals surface area contributed by atoms with E-state index in [0.717, 1.165) is 0 Å². The Hall–Kier alpha value is -1.66. The summed E-state index contributed by atoms with van der Waals surface area (Å²) in [5, 5.41) is 11.9. The molecule has 2 atom stereocenters. The number of furan rings is 1. The van der Waals surface area contributed by atoms with Crippen molar-refractivity contribution in [3.8, 4) is 0 Å². The third-order valence-electron chi connectivity index (χ3n) is 3.31. The molecule has 0 aromatic carbocycles. The fraction of sp³-hybridized carbons (Fsp3) is 0.538. The number of nitrogens with one attached hydrogen (secondary N) is 1. The van der Waals surface area contributed by atoms with Gasteiger partial charge in [-0.05, 0) is 24.5 Å². The normalized spacial score (nSPS) is 24.1. The number of hydrogen-bond donors (Lipinski definition) is 2. The lowest BCUT2D eigenvalue weighted by molar-refractivity contribution is -0.122. The van der Waals surface area contributed by atoms with Crippen molar-refractivity contribution in [1.29, 1.82) is 0 Å². The molecule has 1 aromatic heterocycles. The van der Waals surface area contributed by atoms with E-state index >= 15 is 0 Å². The van der Waals surface area contributed by atoms with Crippen molar-refractivity contribution in [2.75, 3.05) is 19.6 Å². The molecule has 1 aliphatic rings. The Labute approximate surface area is 111 Å². The summed E-state index contributed by atoms with van der Waals surface area (Å²) in [6, 6.07) is 3.09. The average molecular weight is 266 g/mol. The van der Waals surface area contributed by atoms with Crippen LogP contribution < -0.4 is 5.32 Å². The zero-order valence-corrected chi connectivity index (χ0v) is 10.8. The Balaban J connectivity index is 1.80. The minimum Gasteiger partial charge on any atom is -0.459 e. The van der Waals surface area contributed by atoms with Gasteiger partial charge in [0.2, 0.25) is 5.91 Å². The van der Waals surface area contributed by atoms with E-state index in [9.17, 15) is 14.7 Å². The van der Waals surface area contributed by atoms with Crippen LogP contribution in [0.3, 0.4) is 0 Å². The van der Waals surface area contributed by atoms with Crippen LogP contribution in [0.1, 0.15) is 23.9 Å².